The van der Waals surface area contributed by atoms with Gasteiger partial charge in [0.15, 0.2) is 0 Å². The van der Waals surface area contributed by atoms with Crippen molar-refractivity contribution < 1.29 is 27.4 Å². The minimum absolute atomic E-state index is 0.112. The number of ether oxygens (including phenoxy) is 1. The molecule has 4 nitrogen and oxygen atoms in total. The lowest BCUT2D eigenvalue weighted by molar-refractivity contribution is -0.170. The summed E-state index contributed by atoms with van der Waals surface area (Å²) in [5.74, 6) is -3.61. The SMILES string of the molecule is CCn1ccnc1CC(O)COCC(F)(F)C(F)F. The monoisotopic (exact) mass is 284 g/mol. The Morgan fingerprint density at radius 1 is 1.47 bits per heavy atom. The van der Waals surface area contributed by atoms with Crippen molar-refractivity contribution >= 4 is 0 Å². The van der Waals surface area contributed by atoms with Gasteiger partial charge in [0.2, 0.25) is 0 Å². The normalized spacial score (nSPS) is 14.1. The Morgan fingerprint density at radius 3 is 2.74 bits per heavy atom. The number of halogens is 4. The lowest BCUT2D eigenvalue weighted by Gasteiger charge is -2.17. The summed E-state index contributed by atoms with van der Waals surface area (Å²) in [7, 11) is 0. The Balaban J connectivity index is 2.34. The van der Waals surface area contributed by atoms with Gasteiger partial charge in [-0.05, 0) is 6.92 Å². The molecule has 0 radical (unpaired) electrons. The van der Waals surface area contributed by atoms with Gasteiger partial charge in [-0.25, -0.2) is 13.8 Å². The van der Waals surface area contributed by atoms with Crippen molar-refractivity contribution in [2.24, 2.45) is 0 Å². The van der Waals surface area contributed by atoms with Crippen LogP contribution >= 0.6 is 0 Å². The molecule has 1 atom stereocenters. The van der Waals surface area contributed by atoms with E-state index in [1.54, 1.807) is 17.0 Å². The standard InChI is InChI=1S/C11H16F4N2O2/c1-2-17-4-3-16-9(17)5-8(18)6-19-7-11(14,15)10(12)13/h3-4,8,10,18H,2,5-7H2,1H3. The predicted octanol–water partition coefficient (Wildman–Crippen LogP) is 1.72. The second-order valence-corrected chi connectivity index (χ2v) is 4.06. The first-order valence-corrected chi connectivity index (χ1v) is 5.78. The molecule has 1 aromatic heterocycles. The van der Waals surface area contributed by atoms with E-state index in [9.17, 15) is 22.7 Å². The van der Waals surface area contributed by atoms with E-state index in [1.165, 1.54) is 0 Å². The summed E-state index contributed by atoms with van der Waals surface area (Å²) < 4.78 is 54.9. The van der Waals surface area contributed by atoms with Crippen molar-refractivity contribution in [2.75, 3.05) is 13.2 Å². The van der Waals surface area contributed by atoms with E-state index in [0.717, 1.165) is 0 Å². The number of aromatic nitrogens is 2. The molecule has 0 amide bonds. The highest BCUT2D eigenvalue weighted by Gasteiger charge is 2.41. The molecule has 1 heterocycles. The summed E-state index contributed by atoms with van der Waals surface area (Å²) in [4.78, 5) is 3.99. The molecule has 0 aliphatic rings. The van der Waals surface area contributed by atoms with Crippen molar-refractivity contribution in [3.63, 3.8) is 0 Å². The molecule has 0 aliphatic carbocycles. The van der Waals surface area contributed by atoms with E-state index in [2.05, 4.69) is 9.72 Å². The zero-order chi connectivity index (χ0) is 14.5. The van der Waals surface area contributed by atoms with E-state index in [1.807, 2.05) is 6.92 Å². The molecule has 8 heteroatoms. The van der Waals surface area contributed by atoms with E-state index < -0.39 is 31.7 Å². The van der Waals surface area contributed by atoms with Gasteiger partial charge in [0.05, 0.1) is 12.7 Å². The second-order valence-electron chi connectivity index (χ2n) is 4.06. The van der Waals surface area contributed by atoms with Gasteiger partial charge in [-0.1, -0.05) is 0 Å². The van der Waals surface area contributed by atoms with Crippen molar-refractivity contribution in [1.82, 2.24) is 9.55 Å². The van der Waals surface area contributed by atoms with Crippen LogP contribution in [0.1, 0.15) is 12.7 Å². The molecule has 0 bridgehead atoms. The molecule has 1 rings (SSSR count). The van der Waals surface area contributed by atoms with Crippen molar-refractivity contribution in [3.05, 3.63) is 18.2 Å². The van der Waals surface area contributed by atoms with Gasteiger partial charge in [-0.15, -0.1) is 0 Å². The fraction of sp³-hybridized carbons (Fsp3) is 0.727. The van der Waals surface area contributed by atoms with Crippen LogP contribution < -0.4 is 0 Å². The van der Waals surface area contributed by atoms with Crippen molar-refractivity contribution in [2.45, 2.75) is 38.3 Å². The molecule has 0 fully saturated rings. The molecule has 0 spiro atoms. The van der Waals surface area contributed by atoms with Crippen LogP contribution in [0.2, 0.25) is 0 Å². The number of nitrogens with zero attached hydrogens (tertiary/aromatic N) is 2. The van der Waals surface area contributed by atoms with Gasteiger partial charge in [0, 0.05) is 25.4 Å². The van der Waals surface area contributed by atoms with Crippen LogP contribution in [-0.2, 0) is 17.7 Å². The molecule has 19 heavy (non-hydrogen) atoms. The van der Waals surface area contributed by atoms with Gasteiger partial charge in [0.1, 0.15) is 12.4 Å². The Kier molecular flexibility index (Phi) is 5.74. The Bertz CT molecular complexity index is 385. The van der Waals surface area contributed by atoms with Gasteiger partial charge in [-0.2, -0.15) is 8.78 Å². The summed E-state index contributed by atoms with van der Waals surface area (Å²) >= 11 is 0. The van der Waals surface area contributed by atoms with Crippen LogP contribution in [0.25, 0.3) is 0 Å². The molecule has 0 saturated carbocycles. The van der Waals surface area contributed by atoms with Crippen LogP contribution in [0.4, 0.5) is 17.6 Å². The summed E-state index contributed by atoms with van der Waals surface area (Å²) in [5, 5.41) is 9.57. The van der Waals surface area contributed by atoms with Gasteiger partial charge in [-0.3, -0.25) is 0 Å². The van der Waals surface area contributed by atoms with Gasteiger partial charge >= 0.3 is 12.3 Å². The van der Waals surface area contributed by atoms with E-state index in [4.69, 9.17) is 0 Å². The fourth-order valence-electron chi connectivity index (χ4n) is 1.48. The van der Waals surface area contributed by atoms with Crippen LogP contribution in [0, 0.1) is 0 Å². The zero-order valence-corrected chi connectivity index (χ0v) is 10.4. The van der Waals surface area contributed by atoms with E-state index in [0.29, 0.717) is 12.4 Å². The lowest BCUT2D eigenvalue weighted by atomic mass is 10.2. The molecule has 110 valence electrons. The number of hydrogen-bond acceptors (Lipinski definition) is 3. The predicted molar refractivity (Wildman–Crippen MR) is 59.4 cm³/mol. The number of alkyl halides is 4. The Morgan fingerprint density at radius 2 is 2.16 bits per heavy atom. The second kappa shape index (κ2) is 6.85. The summed E-state index contributed by atoms with van der Waals surface area (Å²) in [6.07, 6.45) is -1.46. The Labute approximate surface area is 108 Å². The third-order valence-electron chi connectivity index (χ3n) is 2.48. The summed E-state index contributed by atoms with van der Waals surface area (Å²) in [6.45, 7) is 0.687. The number of hydrogen-bond donors (Lipinski definition) is 1. The lowest BCUT2D eigenvalue weighted by Crippen LogP contribution is -2.34. The van der Waals surface area contributed by atoms with Crippen molar-refractivity contribution in [3.8, 4) is 0 Å². The quantitative estimate of drug-likeness (QED) is 0.739. The molecular formula is C11H16F4N2O2. The largest absolute Gasteiger partial charge is 0.390 e. The highest BCUT2D eigenvalue weighted by molar-refractivity contribution is 4.94. The van der Waals surface area contributed by atoms with Crippen LogP contribution in [0.15, 0.2) is 12.4 Å². The first kappa shape index (κ1) is 15.9. The molecular weight excluding hydrogens is 268 g/mol. The first-order chi connectivity index (χ1) is 8.86. The highest BCUT2D eigenvalue weighted by atomic mass is 19.3. The topological polar surface area (TPSA) is 47.3 Å². The molecule has 0 aromatic carbocycles. The van der Waals surface area contributed by atoms with Gasteiger partial charge in [0.25, 0.3) is 0 Å². The number of aliphatic hydroxyl groups excluding tert-OH is 1. The number of aliphatic hydroxyl groups is 1. The van der Waals surface area contributed by atoms with E-state index >= 15 is 0 Å². The number of imidazole rings is 1. The minimum atomic E-state index is -4.19. The van der Waals surface area contributed by atoms with Crippen LogP contribution in [-0.4, -0.2) is 46.3 Å². The van der Waals surface area contributed by atoms with Crippen molar-refractivity contribution in [1.29, 1.82) is 0 Å². The first-order valence-electron chi connectivity index (χ1n) is 5.78. The average Bonchev–Trinajstić information content (AvgIpc) is 2.75. The third kappa shape index (κ3) is 4.79. The maximum absolute atomic E-state index is 12.5. The fourth-order valence-corrected chi connectivity index (χ4v) is 1.48. The van der Waals surface area contributed by atoms with Crippen LogP contribution in [0.3, 0.4) is 0 Å². The summed E-state index contributed by atoms with van der Waals surface area (Å²) in [5.41, 5.74) is 0. The van der Waals surface area contributed by atoms with E-state index in [-0.39, 0.29) is 6.42 Å². The van der Waals surface area contributed by atoms with Gasteiger partial charge < -0.3 is 14.4 Å². The maximum atomic E-state index is 12.5. The molecule has 1 unspecified atom stereocenters. The van der Waals surface area contributed by atoms with Crippen LogP contribution in [0.5, 0.6) is 0 Å². The zero-order valence-electron chi connectivity index (χ0n) is 10.4. The molecule has 0 aliphatic heterocycles. The Hall–Kier alpha value is -1.15. The minimum Gasteiger partial charge on any atom is -0.390 e. The third-order valence-corrected chi connectivity index (χ3v) is 2.48. The molecule has 1 aromatic rings. The smallest absolute Gasteiger partial charge is 0.330 e. The molecule has 1 N–H and O–H groups in total. The highest BCUT2D eigenvalue weighted by Crippen LogP contribution is 2.22. The summed E-state index contributed by atoms with van der Waals surface area (Å²) in [6, 6.07) is 0. The number of aryl methyl sites for hydroxylation is 1. The number of rotatable bonds is 8. The molecule has 0 saturated heterocycles. The maximum Gasteiger partial charge on any atom is 0.330 e. The average molecular weight is 284 g/mol.